The summed E-state index contributed by atoms with van der Waals surface area (Å²) in [5.74, 6) is 0.0182. The summed E-state index contributed by atoms with van der Waals surface area (Å²) in [6, 6.07) is 6.70. The zero-order chi connectivity index (χ0) is 15.1. The Morgan fingerprint density at radius 3 is 2.75 bits per heavy atom. The number of rotatable bonds is 7. The Kier molecular flexibility index (Phi) is 6.11. The first-order valence-electron chi connectivity index (χ1n) is 6.61. The molecule has 0 aliphatic carbocycles. The summed E-state index contributed by atoms with van der Waals surface area (Å²) in [5, 5.41) is 13.9. The molecule has 1 N–H and O–H groups in total. The average molecular weight is 279 g/mol. The molecule has 0 spiro atoms. The predicted octanol–water partition coefficient (Wildman–Crippen LogP) is 1.94. The van der Waals surface area contributed by atoms with E-state index in [9.17, 15) is 14.9 Å². The minimum atomic E-state index is -0.433. The van der Waals surface area contributed by atoms with E-state index in [1.54, 1.807) is 24.1 Å². The molecule has 0 aliphatic heterocycles. The van der Waals surface area contributed by atoms with E-state index >= 15 is 0 Å². The number of benzene rings is 1. The normalized spacial score (nSPS) is 10.6. The second-order valence-corrected chi connectivity index (χ2v) is 5.04. The minimum absolute atomic E-state index is 0.0182. The summed E-state index contributed by atoms with van der Waals surface area (Å²) >= 11 is 0. The lowest BCUT2D eigenvalue weighted by Crippen LogP contribution is -2.31. The molecule has 20 heavy (non-hydrogen) atoms. The van der Waals surface area contributed by atoms with E-state index in [4.69, 9.17) is 0 Å². The van der Waals surface area contributed by atoms with Crippen LogP contribution in [-0.2, 0) is 11.3 Å². The first kappa shape index (κ1) is 16.1. The molecular weight excluding hydrogens is 258 g/mol. The van der Waals surface area contributed by atoms with Crippen molar-refractivity contribution in [2.75, 3.05) is 13.6 Å². The molecule has 0 aromatic heterocycles. The van der Waals surface area contributed by atoms with E-state index in [1.165, 1.54) is 12.1 Å². The number of carbonyl (C=O) groups excluding carboxylic acids is 1. The Hall–Kier alpha value is -1.95. The highest BCUT2D eigenvalue weighted by atomic mass is 16.6. The van der Waals surface area contributed by atoms with Crippen molar-refractivity contribution >= 4 is 11.6 Å². The van der Waals surface area contributed by atoms with Gasteiger partial charge >= 0.3 is 0 Å². The van der Waals surface area contributed by atoms with Gasteiger partial charge in [-0.3, -0.25) is 14.9 Å². The van der Waals surface area contributed by atoms with Gasteiger partial charge in [0.15, 0.2) is 0 Å². The molecule has 0 unspecified atom stereocenters. The van der Waals surface area contributed by atoms with E-state index in [0.717, 1.165) is 5.56 Å². The monoisotopic (exact) mass is 279 g/mol. The molecule has 0 heterocycles. The van der Waals surface area contributed by atoms with Crippen LogP contribution in [0.1, 0.15) is 25.8 Å². The van der Waals surface area contributed by atoms with Crippen LogP contribution in [0.2, 0.25) is 0 Å². The van der Waals surface area contributed by atoms with Gasteiger partial charge in [0.25, 0.3) is 5.69 Å². The quantitative estimate of drug-likeness (QED) is 0.611. The van der Waals surface area contributed by atoms with Gasteiger partial charge in [-0.05, 0) is 5.56 Å². The Balaban J connectivity index is 2.52. The SMILES string of the molecule is CC(C)NCCC(=O)N(C)Cc1cccc([N+](=O)[O-])c1. The fourth-order valence-electron chi connectivity index (χ4n) is 1.79. The molecule has 0 saturated carbocycles. The van der Waals surface area contributed by atoms with Crippen LogP contribution in [0.5, 0.6) is 0 Å². The molecule has 0 atom stereocenters. The fraction of sp³-hybridized carbons (Fsp3) is 0.500. The minimum Gasteiger partial charge on any atom is -0.341 e. The molecule has 0 aliphatic rings. The lowest BCUT2D eigenvalue weighted by atomic mass is 10.2. The first-order chi connectivity index (χ1) is 9.40. The lowest BCUT2D eigenvalue weighted by Gasteiger charge is -2.18. The van der Waals surface area contributed by atoms with Crippen LogP contribution >= 0.6 is 0 Å². The largest absolute Gasteiger partial charge is 0.341 e. The van der Waals surface area contributed by atoms with Gasteiger partial charge in [-0.1, -0.05) is 26.0 Å². The zero-order valence-electron chi connectivity index (χ0n) is 12.1. The maximum Gasteiger partial charge on any atom is 0.269 e. The highest BCUT2D eigenvalue weighted by Gasteiger charge is 2.11. The maximum absolute atomic E-state index is 11.9. The molecule has 1 aromatic carbocycles. The van der Waals surface area contributed by atoms with Crippen LogP contribution < -0.4 is 5.32 Å². The molecular formula is C14H21N3O3. The molecule has 1 aromatic rings. The number of nitro groups is 1. The number of hydrogen-bond acceptors (Lipinski definition) is 4. The Morgan fingerprint density at radius 1 is 1.45 bits per heavy atom. The number of hydrogen-bond donors (Lipinski definition) is 1. The number of non-ortho nitro benzene ring substituents is 1. The molecule has 0 bridgehead atoms. The summed E-state index contributed by atoms with van der Waals surface area (Å²) in [5.41, 5.74) is 0.802. The Morgan fingerprint density at radius 2 is 2.15 bits per heavy atom. The predicted molar refractivity (Wildman–Crippen MR) is 77.3 cm³/mol. The number of amides is 1. The molecule has 110 valence electrons. The first-order valence-corrected chi connectivity index (χ1v) is 6.61. The molecule has 6 heteroatoms. The highest BCUT2D eigenvalue weighted by molar-refractivity contribution is 5.76. The molecule has 0 saturated heterocycles. The summed E-state index contributed by atoms with van der Waals surface area (Å²) in [7, 11) is 1.70. The van der Waals surface area contributed by atoms with Crippen molar-refractivity contribution in [3.63, 3.8) is 0 Å². The zero-order valence-corrected chi connectivity index (χ0v) is 12.1. The van der Waals surface area contributed by atoms with Gasteiger partial charge in [0.1, 0.15) is 0 Å². The van der Waals surface area contributed by atoms with Crippen LogP contribution in [0, 0.1) is 10.1 Å². The van der Waals surface area contributed by atoms with Crippen molar-refractivity contribution in [1.29, 1.82) is 0 Å². The molecule has 0 fully saturated rings. The third-order valence-electron chi connectivity index (χ3n) is 2.86. The van der Waals surface area contributed by atoms with E-state index in [2.05, 4.69) is 5.32 Å². The smallest absolute Gasteiger partial charge is 0.269 e. The van der Waals surface area contributed by atoms with Gasteiger partial charge in [0, 0.05) is 44.7 Å². The number of nitrogens with zero attached hydrogens (tertiary/aromatic N) is 2. The van der Waals surface area contributed by atoms with Crippen molar-refractivity contribution in [2.45, 2.75) is 32.9 Å². The van der Waals surface area contributed by atoms with Gasteiger partial charge in [0.05, 0.1) is 4.92 Å². The topological polar surface area (TPSA) is 75.5 Å². The van der Waals surface area contributed by atoms with Crippen molar-refractivity contribution in [3.05, 3.63) is 39.9 Å². The Labute approximate surface area is 118 Å². The average Bonchev–Trinajstić information content (AvgIpc) is 2.38. The number of nitro benzene ring substituents is 1. The van der Waals surface area contributed by atoms with E-state index in [1.807, 2.05) is 13.8 Å². The van der Waals surface area contributed by atoms with E-state index in [0.29, 0.717) is 25.6 Å². The van der Waals surface area contributed by atoms with Gasteiger partial charge < -0.3 is 10.2 Å². The summed E-state index contributed by atoms with van der Waals surface area (Å²) in [6.45, 7) is 5.06. The number of carbonyl (C=O) groups is 1. The lowest BCUT2D eigenvalue weighted by molar-refractivity contribution is -0.384. The van der Waals surface area contributed by atoms with Crippen LogP contribution in [0.3, 0.4) is 0 Å². The molecule has 1 rings (SSSR count). The van der Waals surface area contributed by atoms with Crippen LogP contribution in [-0.4, -0.2) is 35.4 Å². The molecule has 6 nitrogen and oxygen atoms in total. The van der Waals surface area contributed by atoms with Crippen LogP contribution in [0.25, 0.3) is 0 Å². The van der Waals surface area contributed by atoms with Crippen molar-refractivity contribution in [3.8, 4) is 0 Å². The fourth-order valence-corrected chi connectivity index (χ4v) is 1.79. The summed E-state index contributed by atoms with van der Waals surface area (Å²) in [6.07, 6.45) is 0.420. The van der Waals surface area contributed by atoms with Gasteiger partial charge in [0.2, 0.25) is 5.91 Å². The third kappa shape index (κ3) is 5.36. The van der Waals surface area contributed by atoms with E-state index < -0.39 is 4.92 Å². The molecule has 1 amide bonds. The van der Waals surface area contributed by atoms with Crippen molar-refractivity contribution < 1.29 is 9.72 Å². The second-order valence-electron chi connectivity index (χ2n) is 5.04. The van der Waals surface area contributed by atoms with Gasteiger partial charge in [-0.15, -0.1) is 0 Å². The summed E-state index contributed by atoms with van der Waals surface area (Å²) < 4.78 is 0. The highest BCUT2D eigenvalue weighted by Crippen LogP contribution is 2.14. The summed E-state index contributed by atoms with van der Waals surface area (Å²) in [4.78, 5) is 23.7. The number of nitrogens with one attached hydrogen (secondary N) is 1. The third-order valence-corrected chi connectivity index (χ3v) is 2.86. The van der Waals surface area contributed by atoms with Gasteiger partial charge in [-0.2, -0.15) is 0 Å². The maximum atomic E-state index is 11.9. The molecule has 0 radical (unpaired) electrons. The van der Waals surface area contributed by atoms with Crippen molar-refractivity contribution in [1.82, 2.24) is 10.2 Å². The second kappa shape index (κ2) is 7.59. The van der Waals surface area contributed by atoms with E-state index in [-0.39, 0.29) is 11.6 Å². The van der Waals surface area contributed by atoms with Crippen molar-refractivity contribution in [2.24, 2.45) is 0 Å². The standard InChI is InChI=1S/C14H21N3O3/c1-11(2)15-8-7-14(18)16(3)10-12-5-4-6-13(9-12)17(19)20/h4-6,9,11,15H,7-8,10H2,1-3H3. The Bertz CT molecular complexity index is 474. The van der Waals surface area contributed by atoms with Crippen LogP contribution in [0.15, 0.2) is 24.3 Å². The van der Waals surface area contributed by atoms with Gasteiger partial charge in [-0.25, -0.2) is 0 Å². The van der Waals surface area contributed by atoms with Crippen LogP contribution in [0.4, 0.5) is 5.69 Å².